The van der Waals surface area contributed by atoms with Gasteiger partial charge in [-0.3, -0.25) is 9.40 Å². The van der Waals surface area contributed by atoms with E-state index < -0.39 is 15.8 Å². The fraction of sp³-hybridized carbons (Fsp3) is 0.429. The zero-order valence-electron chi connectivity index (χ0n) is 12.8. The zero-order valence-corrected chi connectivity index (χ0v) is 13.6. The van der Waals surface area contributed by atoms with E-state index in [-0.39, 0.29) is 16.6 Å². The monoisotopic (exact) mass is 340 g/mol. The summed E-state index contributed by atoms with van der Waals surface area (Å²) in [5.74, 6) is -0.645. The van der Waals surface area contributed by atoms with Gasteiger partial charge in [0, 0.05) is 24.6 Å². The molecular formula is C14H17FN4O3S. The Morgan fingerprint density at radius 3 is 2.74 bits per heavy atom. The lowest BCUT2D eigenvalue weighted by Gasteiger charge is -2.09. The first-order valence-corrected chi connectivity index (χ1v) is 8.73. The molecule has 23 heavy (non-hydrogen) atoms. The van der Waals surface area contributed by atoms with E-state index in [9.17, 15) is 12.8 Å². The average molecular weight is 340 g/mol. The Labute approximate surface area is 133 Å². The van der Waals surface area contributed by atoms with Gasteiger partial charge in [0.05, 0.1) is 19.0 Å². The van der Waals surface area contributed by atoms with Crippen molar-refractivity contribution in [3.8, 4) is 5.75 Å². The van der Waals surface area contributed by atoms with E-state index in [1.54, 1.807) is 13.0 Å². The maximum atomic E-state index is 13.9. The van der Waals surface area contributed by atoms with E-state index in [1.807, 2.05) is 0 Å². The van der Waals surface area contributed by atoms with Crippen LogP contribution in [0.4, 0.5) is 10.2 Å². The van der Waals surface area contributed by atoms with Crippen LogP contribution in [0, 0.1) is 5.82 Å². The highest BCUT2D eigenvalue weighted by Crippen LogP contribution is 2.40. The van der Waals surface area contributed by atoms with Crippen molar-refractivity contribution in [3.05, 3.63) is 29.8 Å². The molecule has 0 aliphatic heterocycles. The first kappa shape index (κ1) is 15.7. The van der Waals surface area contributed by atoms with Crippen LogP contribution in [0.1, 0.15) is 31.4 Å². The Kier molecular flexibility index (Phi) is 3.97. The molecule has 1 N–H and O–H groups in total. The van der Waals surface area contributed by atoms with Gasteiger partial charge in [0.1, 0.15) is 5.75 Å². The number of pyridine rings is 1. The van der Waals surface area contributed by atoms with Crippen molar-refractivity contribution >= 4 is 15.8 Å². The minimum Gasteiger partial charge on any atom is -0.495 e. The highest BCUT2D eigenvalue weighted by Gasteiger charge is 2.30. The van der Waals surface area contributed by atoms with Crippen LogP contribution in [-0.2, 0) is 16.6 Å². The molecule has 9 heteroatoms. The molecule has 1 aliphatic rings. The second-order valence-corrected chi connectivity index (χ2v) is 6.94. The Morgan fingerprint density at radius 1 is 1.43 bits per heavy atom. The Hall–Kier alpha value is -2.16. The highest BCUT2D eigenvalue weighted by atomic mass is 32.2. The van der Waals surface area contributed by atoms with E-state index in [2.05, 4.69) is 14.8 Å². The van der Waals surface area contributed by atoms with E-state index in [0.29, 0.717) is 12.5 Å². The lowest BCUT2D eigenvalue weighted by Crippen LogP contribution is -2.19. The van der Waals surface area contributed by atoms with Crippen LogP contribution < -0.4 is 9.46 Å². The molecule has 0 amide bonds. The van der Waals surface area contributed by atoms with Gasteiger partial charge in [-0.2, -0.15) is 13.5 Å². The molecule has 0 saturated heterocycles. The summed E-state index contributed by atoms with van der Waals surface area (Å²) in [6.07, 6.45) is 3.28. The predicted octanol–water partition coefficient (Wildman–Crippen LogP) is 2.12. The molecular weight excluding hydrogens is 323 g/mol. The molecule has 0 bridgehead atoms. The molecule has 1 aliphatic carbocycles. The van der Waals surface area contributed by atoms with Crippen molar-refractivity contribution in [2.75, 3.05) is 11.8 Å². The molecule has 7 nitrogen and oxygen atoms in total. The second kappa shape index (κ2) is 5.80. The molecule has 2 aromatic heterocycles. The summed E-state index contributed by atoms with van der Waals surface area (Å²) in [5, 5.41) is 4.32. The third-order valence-corrected chi connectivity index (χ3v) is 4.96. The number of ether oxygens (including phenoxy) is 1. The topological polar surface area (TPSA) is 86.1 Å². The predicted molar refractivity (Wildman–Crippen MR) is 81.4 cm³/mol. The lowest BCUT2D eigenvalue weighted by atomic mass is 10.3. The smallest absolute Gasteiger partial charge is 0.280 e. The Bertz CT molecular complexity index is 831. The SMILES string of the molecule is CCn1nc(C2CC2)cc1S(=O)(=O)Nc1ncc(OC)cc1F. The van der Waals surface area contributed by atoms with Crippen molar-refractivity contribution in [3.63, 3.8) is 0 Å². The molecule has 3 rings (SSSR count). The number of aromatic nitrogens is 3. The number of halogens is 1. The summed E-state index contributed by atoms with van der Waals surface area (Å²) in [4.78, 5) is 3.75. The van der Waals surface area contributed by atoms with Gasteiger partial charge in [-0.05, 0) is 19.8 Å². The molecule has 1 saturated carbocycles. The van der Waals surface area contributed by atoms with Gasteiger partial charge in [-0.25, -0.2) is 9.37 Å². The molecule has 1 fully saturated rings. The molecule has 0 atom stereocenters. The van der Waals surface area contributed by atoms with Gasteiger partial charge in [0.2, 0.25) is 0 Å². The van der Waals surface area contributed by atoms with Gasteiger partial charge in [-0.1, -0.05) is 0 Å². The number of methoxy groups -OCH3 is 1. The van der Waals surface area contributed by atoms with Crippen LogP contribution in [0.5, 0.6) is 5.75 Å². The number of hydrogen-bond acceptors (Lipinski definition) is 5. The summed E-state index contributed by atoms with van der Waals surface area (Å²) in [6, 6.07) is 2.61. The van der Waals surface area contributed by atoms with Crippen molar-refractivity contribution < 1.29 is 17.5 Å². The van der Waals surface area contributed by atoms with Crippen LogP contribution in [0.2, 0.25) is 0 Å². The van der Waals surface area contributed by atoms with Crippen LogP contribution in [0.15, 0.2) is 23.4 Å². The number of aryl methyl sites for hydroxylation is 1. The summed E-state index contributed by atoms with van der Waals surface area (Å²) in [7, 11) is -2.60. The number of rotatable bonds is 6. The Balaban J connectivity index is 1.92. The molecule has 0 radical (unpaired) electrons. The third kappa shape index (κ3) is 3.14. The second-order valence-electron chi connectivity index (χ2n) is 5.31. The minimum absolute atomic E-state index is 0.0129. The van der Waals surface area contributed by atoms with Crippen LogP contribution in [0.3, 0.4) is 0 Å². The van der Waals surface area contributed by atoms with Crippen LogP contribution in [0.25, 0.3) is 0 Å². The van der Waals surface area contributed by atoms with Crippen LogP contribution in [-0.4, -0.2) is 30.3 Å². The fourth-order valence-electron chi connectivity index (χ4n) is 2.23. The zero-order chi connectivity index (χ0) is 16.6. The maximum Gasteiger partial charge on any atom is 0.280 e. The molecule has 2 aromatic rings. The molecule has 0 spiro atoms. The fourth-order valence-corrected chi connectivity index (χ4v) is 3.46. The van der Waals surface area contributed by atoms with E-state index in [4.69, 9.17) is 4.74 Å². The quantitative estimate of drug-likeness (QED) is 0.870. The van der Waals surface area contributed by atoms with Crippen molar-refractivity contribution in [1.82, 2.24) is 14.8 Å². The Morgan fingerprint density at radius 2 is 2.17 bits per heavy atom. The molecule has 0 aromatic carbocycles. The van der Waals surface area contributed by atoms with Gasteiger partial charge in [0.15, 0.2) is 16.7 Å². The van der Waals surface area contributed by atoms with Crippen molar-refractivity contribution in [2.45, 2.75) is 37.3 Å². The number of sulfonamides is 1. The maximum absolute atomic E-state index is 13.9. The molecule has 124 valence electrons. The van der Waals surface area contributed by atoms with E-state index in [0.717, 1.165) is 24.6 Å². The molecule has 0 unspecified atom stereocenters. The first-order chi connectivity index (χ1) is 10.9. The first-order valence-electron chi connectivity index (χ1n) is 7.24. The largest absolute Gasteiger partial charge is 0.495 e. The van der Waals surface area contributed by atoms with E-state index >= 15 is 0 Å². The standard InChI is InChI=1S/C14H17FN4O3S/c1-3-19-13(7-12(17-19)9-4-5-9)23(20,21)18-14-11(15)6-10(22-2)8-16-14/h6-9H,3-5H2,1-2H3,(H,16,18). The molecule has 2 heterocycles. The number of anilines is 1. The van der Waals surface area contributed by atoms with Gasteiger partial charge in [0.25, 0.3) is 10.0 Å². The van der Waals surface area contributed by atoms with Gasteiger partial charge < -0.3 is 4.74 Å². The highest BCUT2D eigenvalue weighted by molar-refractivity contribution is 7.92. The number of nitrogens with one attached hydrogen (secondary N) is 1. The summed E-state index contributed by atoms with van der Waals surface area (Å²) >= 11 is 0. The summed E-state index contributed by atoms with van der Waals surface area (Å²) < 4.78 is 47.4. The number of hydrogen-bond donors (Lipinski definition) is 1. The van der Waals surface area contributed by atoms with Crippen molar-refractivity contribution in [2.24, 2.45) is 0 Å². The van der Waals surface area contributed by atoms with Crippen molar-refractivity contribution in [1.29, 1.82) is 0 Å². The summed E-state index contributed by atoms with van der Waals surface area (Å²) in [6.45, 7) is 2.20. The van der Waals surface area contributed by atoms with Gasteiger partial charge >= 0.3 is 0 Å². The van der Waals surface area contributed by atoms with Crippen LogP contribution >= 0.6 is 0 Å². The normalized spacial score (nSPS) is 14.7. The number of nitrogens with zero attached hydrogens (tertiary/aromatic N) is 3. The van der Waals surface area contributed by atoms with E-state index in [1.165, 1.54) is 18.0 Å². The summed E-state index contributed by atoms with van der Waals surface area (Å²) in [5.41, 5.74) is 0.760. The average Bonchev–Trinajstić information content (AvgIpc) is 3.27. The minimum atomic E-state index is -3.98. The third-order valence-electron chi connectivity index (χ3n) is 3.62. The lowest BCUT2D eigenvalue weighted by molar-refractivity contribution is 0.409. The van der Waals surface area contributed by atoms with Gasteiger partial charge in [-0.15, -0.1) is 0 Å².